The number of urea groups is 1. The third-order valence-corrected chi connectivity index (χ3v) is 3.18. The Hall–Kier alpha value is -2.41. The molecule has 0 aliphatic heterocycles. The van der Waals surface area contributed by atoms with Gasteiger partial charge in [-0.1, -0.05) is 18.2 Å². The number of benzene rings is 2. The summed E-state index contributed by atoms with van der Waals surface area (Å²) < 4.78 is 26.8. The van der Waals surface area contributed by atoms with E-state index in [1.165, 1.54) is 0 Å². The van der Waals surface area contributed by atoms with Crippen LogP contribution in [0.1, 0.15) is 15.9 Å². The van der Waals surface area contributed by atoms with Gasteiger partial charge in [-0.05, 0) is 29.8 Å². The van der Waals surface area contributed by atoms with Crippen LogP contribution in [0.25, 0.3) is 0 Å². The van der Waals surface area contributed by atoms with Gasteiger partial charge in [-0.3, -0.25) is 10.1 Å². The zero-order chi connectivity index (χ0) is 16.1. The van der Waals surface area contributed by atoms with Crippen LogP contribution >= 0.6 is 12.6 Å². The van der Waals surface area contributed by atoms with Gasteiger partial charge < -0.3 is 5.32 Å². The monoisotopic (exact) mass is 322 g/mol. The van der Waals surface area contributed by atoms with Gasteiger partial charge in [-0.25, -0.2) is 13.6 Å². The zero-order valence-electron chi connectivity index (χ0n) is 11.3. The molecule has 0 spiro atoms. The number of halogens is 2. The molecule has 0 atom stereocenters. The molecule has 0 bridgehead atoms. The molecule has 0 saturated carbocycles. The van der Waals surface area contributed by atoms with E-state index in [0.29, 0.717) is 11.4 Å². The highest BCUT2D eigenvalue weighted by Gasteiger charge is 2.19. The summed E-state index contributed by atoms with van der Waals surface area (Å²) in [5.74, 6) is -2.68. The molecule has 0 unspecified atom stereocenters. The lowest BCUT2D eigenvalue weighted by atomic mass is 10.2. The van der Waals surface area contributed by atoms with Gasteiger partial charge in [-0.15, -0.1) is 0 Å². The van der Waals surface area contributed by atoms with E-state index in [1.807, 2.05) is 5.32 Å². The highest BCUT2D eigenvalue weighted by Crippen LogP contribution is 2.13. The number of carbonyl (C=O) groups excluding carboxylic acids is 2. The van der Waals surface area contributed by atoms with E-state index in [0.717, 1.165) is 23.8 Å². The summed E-state index contributed by atoms with van der Waals surface area (Å²) in [4.78, 5) is 23.4. The minimum atomic E-state index is -1.15. The second kappa shape index (κ2) is 7.04. The first-order chi connectivity index (χ1) is 10.5. The molecule has 0 fully saturated rings. The topological polar surface area (TPSA) is 58.2 Å². The molecule has 0 heterocycles. The van der Waals surface area contributed by atoms with E-state index in [9.17, 15) is 18.4 Å². The van der Waals surface area contributed by atoms with Gasteiger partial charge >= 0.3 is 6.03 Å². The van der Waals surface area contributed by atoms with Crippen LogP contribution in [0.15, 0.2) is 42.5 Å². The SMILES string of the molecule is O=C(NC(=O)c1c(F)cccc1F)Nc1ccc(CS)cc1. The normalized spacial score (nSPS) is 10.1. The summed E-state index contributed by atoms with van der Waals surface area (Å²) in [5, 5.41) is 4.26. The largest absolute Gasteiger partial charge is 0.326 e. The van der Waals surface area contributed by atoms with Gasteiger partial charge in [0, 0.05) is 11.4 Å². The predicted octanol–water partition coefficient (Wildman–Crippen LogP) is 3.36. The number of imide groups is 1. The number of anilines is 1. The molecule has 114 valence electrons. The highest BCUT2D eigenvalue weighted by molar-refractivity contribution is 7.79. The highest BCUT2D eigenvalue weighted by atomic mass is 32.1. The molecule has 2 aromatic carbocycles. The Balaban J connectivity index is 2.03. The first-order valence-corrected chi connectivity index (χ1v) is 6.90. The van der Waals surface area contributed by atoms with E-state index in [1.54, 1.807) is 24.3 Å². The lowest BCUT2D eigenvalue weighted by molar-refractivity contribution is 0.0959. The van der Waals surface area contributed by atoms with Gasteiger partial charge in [0.05, 0.1) is 0 Å². The maximum Gasteiger partial charge on any atom is 0.326 e. The maximum atomic E-state index is 13.4. The van der Waals surface area contributed by atoms with Crippen LogP contribution in [0.2, 0.25) is 0 Å². The van der Waals surface area contributed by atoms with Crippen LogP contribution in [0, 0.1) is 11.6 Å². The Morgan fingerprint density at radius 1 is 1.00 bits per heavy atom. The van der Waals surface area contributed by atoms with Crippen molar-refractivity contribution in [2.75, 3.05) is 5.32 Å². The fourth-order valence-electron chi connectivity index (χ4n) is 1.74. The summed E-state index contributed by atoms with van der Waals surface area (Å²) in [6.07, 6.45) is 0. The van der Waals surface area contributed by atoms with E-state index >= 15 is 0 Å². The summed E-state index contributed by atoms with van der Waals surface area (Å²) >= 11 is 4.10. The second-order valence-electron chi connectivity index (χ2n) is 4.36. The molecule has 2 N–H and O–H groups in total. The standard InChI is InChI=1S/C15H12F2N2O2S/c16-11-2-1-3-12(17)13(11)14(20)19-15(21)18-10-6-4-9(8-22)5-7-10/h1-7,22H,8H2,(H2,18,19,20,21). The molecule has 3 amide bonds. The summed E-state index contributed by atoms with van der Waals surface area (Å²) in [5.41, 5.74) is 0.590. The van der Waals surface area contributed by atoms with Gasteiger partial charge in [-0.2, -0.15) is 12.6 Å². The van der Waals surface area contributed by atoms with Gasteiger partial charge in [0.15, 0.2) is 0 Å². The van der Waals surface area contributed by atoms with Crippen LogP contribution in [0.3, 0.4) is 0 Å². The fraction of sp³-hybridized carbons (Fsp3) is 0.0667. The lowest BCUT2D eigenvalue weighted by Crippen LogP contribution is -2.35. The van der Waals surface area contributed by atoms with Crippen LogP contribution < -0.4 is 10.6 Å². The number of amides is 3. The van der Waals surface area contributed by atoms with E-state index < -0.39 is 29.1 Å². The van der Waals surface area contributed by atoms with E-state index in [-0.39, 0.29) is 0 Å². The molecule has 0 radical (unpaired) electrons. The number of rotatable bonds is 3. The van der Waals surface area contributed by atoms with Crippen LogP contribution in [-0.2, 0) is 5.75 Å². The number of thiol groups is 1. The lowest BCUT2D eigenvalue weighted by Gasteiger charge is -2.08. The Morgan fingerprint density at radius 2 is 1.59 bits per heavy atom. The number of nitrogens with one attached hydrogen (secondary N) is 2. The Kier molecular flexibility index (Phi) is 5.11. The van der Waals surface area contributed by atoms with Crippen LogP contribution in [0.5, 0.6) is 0 Å². The quantitative estimate of drug-likeness (QED) is 0.759. The Labute approximate surface area is 130 Å². The van der Waals surface area contributed by atoms with E-state index in [2.05, 4.69) is 17.9 Å². The Bertz CT molecular complexity index is 685. The van der Waals surface area contributed by atoms with E-state index in [4.69, 9.17) is 0 Å². The molecule has 0 aromatic heterocycles. The average Bonchev–Trinajstić information content (AvgIpc) is 2.47. The summed E-state index contributed by atoms with van der Waals surface area (Å²) in [6.45, 7) is 0. The molecule has 2 rings (SSSR count). The molecular formula is C15H12F2N2O2S. The van der Waals surface area contributed by atoms with Crippen LogP contribution in [0.4, 0.5) is 19.3 Å². The number of hydrogen-bond donors (Lipinski definition) is 3. The van der Waals surface area contributed by atoms with Crippen molar-refractivity contribution in [3.63, 3.8) is 0 Å². The second-order valence-corrected chi connectivity index (χ2v) is 4.68. The van der Waals surface area contributed by atoms with Crippen molar-refractivity contribution >= 4 is 30.3 Å². The first-order valence-electron chi connectivity index (χ1n) is 6.27. The van der Waals surface area contributed by atoms with Crippen molar-refractivity contribution in [1.29, 1.82) is 0 Å². The van der Waals surface area contributed by atoms with Gasteiger partial charge in [0.25, 0.3) is 5.91 Å². The molecule has 2 aromatic rings. The van der Waals surface area contributed by atoms with Gasteiger partial charge in [0.1, 0.15) is 17.2 Å². The maximum absolute atomic E-state index is 13.4. The van der Waals surface area contributed by atoms with Gasteiger partial charge in [0.2, 0.25) is 0 Å². The minimum Gasteiger partial charge on any atom is -0.308 e. The third kappa shape index (κ3) is 3.82. The molecule has 4 nitrogen and oxygen atoms in total. The van der Waals surface area contributed by atoms with Crippen molar-refractivity contribution in [1.82, 2.24) is 5.32 Å². The first kappa shape index (κ1) is 16.0. The van der Waals surface area contributed by atoms with Crippen molar-refractivity contribution in [3.05, 3.63) is 65.2 Å². The Morgan fingerprint density at radius 3 is 2.14 bits per heavy atom. The van der Waals surface area contributed by atoms with Crippen molar-refractivity contribution in [2.45, 2.75) is 5.75 Å². The predicted molar refractivity (Wildman–Crippen MR) is 82.0 cm³/mol. The molecular weight excluding hydrogens is 310 g/mol. The zero-order valence-corrected chi connectivity index (χ0v) is 12.2. The average molecular weight is 322 g/mol. The minimum absolute atomic E-state index is 0.435. The number of carbonyl (C=O) groups is 2. The smallest absolute Gasteiger partial charge is 0.308 e. The third-order valence-electron chi connectivity index (χ3n) is 2.81. The van der Waals surface area contributed by atoms with Crippen molar-refractivity contribution < 1.29 is 18.4 Å². The molecule has 7 heteroatoms. The molecule has 0 aliphatic carbocycles. The fourth-order valence-corrected chi connectivity index (χ4v) is 1.95. The van der Waals surface area contributed by atoms with Crippen LogP contribution in [-0.4, -0.2) is 11.9 Å². The number of hydrogen-bond acceptors (Lipinski definition) is 3. The molecule has 0 saturated heterocycles. The summed E-state index contributed by atoms with van der Waals surface area (Å²) in [7, 11) is 0. The van der Waals surface area contributed by atoms with Crippen molar-refractivity contribution in [3.8, 4) is 0 Å². The molecule has 0 aliphatic rings. The molecule has 22 heavy (non-hydrogen) atoms. The van der Waals surface area contributed by atoms with Crippen molar-refractivity contribution in [2.24, 2.45) is 0 Å². The summed E-state index contributed by atoms with van der Waals surface area (Å²) in [6, 6.07) is 8.87.